The molecule has 0 spiro atoms. The third kappa shape index (κ3) is 20.5. The highest BCUT2D eigenvalue weighted by atomic mass is 16.6. The predicted molar refractivity (Wildman–Crippen MR) is 163 cm³/mol. The maximum Gasteiger partial charge on any atom is 0.111 e. The van der Waals surface area contributed by atoms with Gasteiger partial charge >= 0.3 is 0 Å². The highest BCUT2D eigenvalue weighted by Gasteiger charge is 2.29. The van der Waals surface area contributed by atoms with Crippen molar-refractivity contribution in [3.05, 3.63) is 0 Å². The summed E-state index contributed by atoms with van der Waals surface area (Å²) in [5.74, 6) is 0. The van der Waals surface area contributed by atoms with Crippen molar-refractivity contribution < 1.29 is 59.8 Å². The lowest BCUT2D eigenvalue weighted by atomic mass is 10.2. The molecule has 4 unspecified atom stereocenters. The number of hydrogen-bond acceptors (Lipinski definition) is 16. The lowest BCUT2D eigenvalue weighted by molar-refractivity contribution is -0.187. The Morgan fingerprint density at radius 3 is 1.27 bits per heavy atom. The SMILES string of the molecule is CC(OCC(OCCN(CCO)CCO)C(COCCN(CCO)CCO)OC(C)N(CCO)CCO)N(CCO)CCO. The fraction of sp³-hybridized carbons (Fsp3) is 1.00. The van der Waals surface area contributed by atoms with E-state index in [1.54, 1.807) is 16.7 Å². The van der Waals surface area contributed by atoms with Crippen molar-refractivity contribution >= 4 is 0 Å². The largest absolute Gasteiger partial charge is 0.395 e. The monoisotopic (exact) mass is 646 g/mol. The molecule has 4 atom stereocenters. The first kappa shape index (κ1) is 43.4. The summed E-state index contributed by atoms with van der Waals surface area (Å²) >= 11 is 0. The zero-order valence-corrected chi connectivity index (χ0v) is 26.9. The van der Waals surface area contributed by atoms with Gasteiger partial charge in [0.15, 0.2) is 0 Å². The summed E-state index contributed by atoms with van der Waals surface area (Å²) in [6.07, 6.45) is -2.33. The normalized spacial score (nSPS) is 15.1. The van der Waals surface area contributed by atoms with Crippen molar-refractivity contribution in [3.8, 4) is 0 Å². The molecular formula is C28H62N4O12. The Morgan fingerprint density at radius 1 is 0.432 bits per heavy atom. The van der Waals surface area contributed by atoms with Crippen LogP contribution in [0.4, 0.5) is 0 Å². The molecule has 0 bridgehead atoms. The van der Waals surface area contributed by atoms with Crippen LogP contribution in [0, 0.1) is 0 Å². The minimum absolute atomic E-state index is 0.0482. The van der Waals surface area contributed by atoms with Gasteiger partial charge < -0.3 is 59.8 Å². The number of hydrogen-bond donors (Lipinski definition) is 8. The van der Waals surface area contributed by atoms with Crippen LogP contribution < -0.4 is 0 Å². The first-order valence-electron chi connectivity index (χ1n) is 15.6. The fourth-order valence-corrected chi connectivity index (χ4v) is 4.60. The van der Waals surface area contributed by atoms with Gasteiger partial charge in [0.2, 0.25) is 0 Å². The Kier molecular flexibility index (Phi) is 29.3. The van der Waals surface area contributed by atoms with E-state index in [9.17, 15) is 40.9 Å². The molecule has 0 radical (unpaired) electrons. The first-order chi connectivity index (χ1) is 21.3. The van der Waals surface area contributed by atoms with Crippen LogP contribution >= 0.6 is 0 Å². The molecule has 0 saturated carbocycles. The van der Waals surface area contributed by atoms with Crippen LogP contribution in [0.25, 0.3) is 0 Å². The molecule has 0 fully saturated rings. The lowest BCUT2D eigenvalue weighted by Crippen LogP contribution is -2.49. The van der Waals surface area contributed by atoms with E-state index < -0.39 is 24.7 Å². The molecule has 0 aliphatic heterocycles. The van der Waals surface area contributed by atoms with E-state index in [-0.39, 0.29) is 92.4 Å². The zero-order valence-electron chi connectivity index (χ0n) is 26.9. The van der Waals surface area contributed by atoms with Crippen molar-refractivity contribution in [3.63, 3.8) is 0 Å². The Labute approximate surface area is 262 Å². The van der Waals surface area contributed by atoms with Gasteiger partial charge in [-0.3, -0.25) is 19.6 Å². The van der Waals surface area contributed by atoms with E-state index in [1.807, 2.05) is 16.7 Å². The minimum atomic E-state index is -0.672. The summed E-state index contributed by atoms with van der Waals surface area (Å²) in [6, 6.07) is 0. The Balaban J connectivity index is 5.89. The second kappa shape index (κ2) is 29.7. The third-order valence-electron chi connectivity index (χ3n) is 7.10. The van der Waals surface area contributed by atoms with Gasteiger partial charge in [-0.1, -0.05) is 0 Å². The molecule has 0 rings (SSSR count). The topological polar surface area (TPSA) is 212 Å². The average Bonchev–Trinajstić information content (AvgIpc) is 3.00. The smallest absolute Gasteiger partial charge is 0.111 e. The third-order valence-corrected chi connectivity index (χ3v) is 7.10. The van der Waals surface area contributed by atoms with Crippen LogP contribution in [-0.2, 0) is 18.9 Å². The van der Waals surface area contributed by atoms with Crippen molar-refractivity contribution in [2.75, 3.05) is 145 Å². The van der Waals surface area contributed by atoms with E-state index in [0.29, 0.717) is 52.4 Å². The molecule has 266 valence electrons. The molecule has 16 heteroatoms. The first-order valence-corrected chi connectivity index (χ1v) is 15.6. The summed E-state index contributed by atoms with van der Waals surface area (Å²) in [5.41, 5.74) is 0. The van der Waals surface area contributed by atoms with Crippen LogP contribution in [0.5, 0.6) is 0 Å². The lowest BCUT2D eigenvalue weighted by Gasteiger charge is -2.36. The van der Waals surface area contributed by atoms with Gasteiger partial charge in [0.05, 0.1) is 79.3 Å². The number of rotatable bonds is 33. The molecule has 0 aromatic carbocycles. The van der Waals surface area contributed by atoms with Crippen molar-refractivity contribution in [1.29, 1.82) is 0 Å². The fourth-order valence-electron chi connectivity index (χ4n) is 4.60. The second-order valence-corrected chi connectivity index (χ2v) is 10.2. The number of nitrogens with zero attached hydrogens (tertiary/aromatic N) is 4. The summed E-state index contributed by atoms with van der Waals surface area (Å²) in [6.45, 7) is 7.19. The zero-order chi connectivity index (χ0) is 33.0. The summed E-state index contributed by atoms with van der Waals surface area (Å²) in [5, 5.41) is 75.3. The van der Waals surface area contributed by atoms with Gasteiger partial charge in [0, 0.05) is 65.4 Å². The van der Waals surface area contributed by atoms with Crippen molar-refractivity contribution in [1.82, 2.24) is 19.6 Å². The number of aliphatic hydroxyl groups excluding tert-OH is 8. The van der Waals surface area contributed by atoms with Gasteiger partial charge in [-0.2, -0.15) is 0 Å². The molecule has 0 aliphatic rings. The molecule has 0 saturated heterocycles. The van der Waals surface area contributed by atoms with Crippen LogP contribution in [0.1, 0.15) is 13.8 Å². The van der Waals surface area contributed by atoms with E-state index in [4.69, 9.17) is 18.9 Å². The minimum Gasteiger partial charge on any atom is -0.395 e. The van der Waals surface area contributed by atoms with Crippen molar-refractivity contribution in [2.45, 2.75) is 38.5 Å². The van der Waals surface area contributed by atoms with E-state index in [1.165, 1.54) is 0 Å². The molecule has 16 nitrogen and oxygen atoms in total. The van der Waals surface area contributed by atoms with Gasteiger partial charge in [-0.15, -0.1) is 0 Å². The standard InChI is InChI=1S/C28H62N4O12/c1-25(31(7-17-37)8-18-38)43-24-27(42-22-12-30(5-15-35)6-16-36)28(44-26(2)32(9-19-39)10-20-40)23-41-21-11-29(3-13-33)4-14-34/h25-28,33-40H,3-24H2,1-2H3. The van der Waals surface area contributed by atoms with Gasteiger partial charge in [0.1, 0.15) is 24.7 Å². The van der Waals surface area contributed by atoms with E-state index in [0.717, 1.165) is 0 Å². The molecule has 44 heavy (non-hydrogen) atoms. The van der Waals surface area contributed by atoms with Crippen LogP contribution in [0.2, 0.25) is 0 Å². The maximum absolute atomic E-state index is 9.54. The molecule has 8 N–H and O–H groups in total. The second-order valence-electron chi connectivity index (χ2n) is 10.2. The Hall–Kier alpha value is -0.640. The van der Waals surface area contributed by atoms with E-state index >= 15 is 0 Å². The highest BCUT2D eigenvalue weighted by molar-refractivity contribution is 4.75. The molecule has 0 heterocycles. The highest BCUT2D eigenvalue weighted by Crippen LogP contribution is 2.14. The Bertz CT molecular complexity index is 595. The van der Waals surface area contributed by atoms with E-state index in [2.05, 4.69) is 0 Å². The van der Waals surface area contributed by atoms with Crippen LogP contribution in [0.3, 0.4) is 0 Å². The van der Waals surface area contributed by atoms with Gasteiger partial charge in [-0.05, 0) is 13.8 Å². The maximum atomic E-state index is 9.54. The van der Waals surface area contributed by atoms with Gasteiger partial charge in [-0.25, -0.2) is 0 Å². The number of aliphatic hydroxyl groups is 8. The molecular weight excluding hydrogens is 584 g/mol. The summed E-state index contributed by atoms with van der Waals surface area (Å²) in [4.78, 5) is 7.31. The molecule has 0 amide bonds. The molecule has 0 aliphatic carbocycles. The number of ether oxygens (including phenoxy) is 4. The molecule has 0 aromatic heterocycles. The average molecular weight is 647 g/mol. The summed E-state index contributed by atoms with van der Waals surface area (Å²) in [7, 11) is 0. The van der Waals surface area contributed by atoms with Gasteiger partial charge in [0.25, 0.3) is 0 Å². The van der Waals surface area contributed by atoms with Crippen molar-refractivity contribution in [2.24, 2.45) is 0 Å². The Morgan fingerprint density at radius 2 is 0.841 bits per heavy atom. The summed E-state index contributed by atoms with van der Waals surface area (Å²) < 4.78 is 24.8. The van der Waals surface area contributed by atoms with Crippen LogP contribution in [0.15, 0.2) is 0 Å². The predicted octanol–water partition coefficient (Wildman–Crippen LogP) is -4.37. The van der Waals surface area contributed by atoms with Crippen LogP contribution in [-0.4, -0.2) is 230 Å². The quantitative estimate of drug-likeness (QED) is 0.0250. The molecule has 0 aromatic rings.